The number of nitrogens with two attached hydrogens (primary N) is 1. The fraction of sp³-hybridized carbons (Fsp3) is 0. The zero-order chi connectivity index (χ0) is 5.98. The molecule has 0 aliphatic rings. The normalized spacial score (nSPS) is 9.12. The average molecular weight is 128 g/mol. The molecule has 0 saturated carbocycles. The lowest BCUT2D eigenvalue weighted by Gasteiger charge is -1.87. The Bertz CT molecular complexity index is 170. The van der Waals surface area contributed by atoms with Crippen LogP contribution in [-0.4, -0.2) is 4.98 Å². The average Bonchev–Trinajstić information content (AvgIpc) is 1.64. The molecule has 1 radical (unpaired) electrons. The lowest BCUT2D eigenvalue weighted by molar-refractivity contribution is 1.33. The Morgan fingerprint density at radius 2 is 2.38 bits per heavy atom. The van der Waals surface area contributed by atoms with Crippen molar-refractivity contribution in [3.63, 3.8) is 0 Å². The van der Waals surface area contributed by atoms with Gasteiger partial charge in [0, 0.05) is 0 Å². The van der Waals surface area contributed by atoms with E-state index in [0.29, 0.717) is 11.0 Å². The van der Waals surface area contributed by atoms with Crippen LogP contribution in [0.4, 0.5) is 5.82 Å². The molecule has 3 heteroatoms. The Labute approximate surface area is 52.3 Å². The van der Waals surface area contributed by atoms with Crippen molar-refractivity contribution >= 4 is 17.4 Å². The van der Waals surface area contributed by atoms with Gasteiger partial charge in [-0.1, -0.05) is 11.6 Å². The van der Waals surface area contributed by atoms with E-state index in [0.717, 1.165) is 0 Å². The maximum Gasteiger partial charge on any atom is 0.132 e. The van der Waals surface area contributed by atoms with Crippen LogP contribution in [0.3, 0.4) is 0 Å². The Morgan fingerprint density at radius 3 is 2.75 bits per heavy atom. The highest BCUT2D eigenvalue weighted by molar-refractivity contribution is 6.29. The fourth-order valence-electron chi connectivity index (χ4n) is 0.384. The quantitative estimate of drug-likeness (QED) is 0.531. The van der Waals surface area contributed by atoms with Crippen LogP contribution < -0.4 is 5.73 Å². The summed E-state index contributed by atoms with van der Waals surface area (Å²) in [5.74, 6) is 0.400. The van der Waals surface area contributed by atoms with Gasteiger partial charge in [0.15, 0.2) is 0 Å². The Hall–Kier alpha value is -0.760. The summed E-state index contributed by atoms with van der Waals surface area (Å²) in [5, 5.41) is 0.380. The maximum absolute atomic E-state index is 5.42. The number of pyridine rings is 1. The van der Waals surface area contributed by atoms with Crippen LogP contribution in [0.25, 0.3) is 0 Å². The first-order valence-electron chi connectivity index (χ1n) is 2.08. The minimum absolute atomic E-state index is 0.380. The van der Waals surface area contributed by atoms with Crippen molar-refractivity contribution < 1.29 is 0 Å². The second kappa shape index (κ2) is 2.01. The first-order chi connectivity index (χ1) is 3.79. The van der Waals surface area contributed by atoms with E-state index in [1.165, 1.54) is 0 Å². The van der Waals surface area contributed by atoms with E-state index >= 15 is 0 Å². The van der Waals surface area contributed by atoms with Crippen molar-refractivity contribution in [2.45, 2.75) is 0 Å². The molecule has 0 saturated heterocycles. The van der Waals surface area contributed by atoms with Crippen LogP contribution in [0.5, 0.6) is 0 Å². The molecule has 41 valence electrons. The predicted molar refractivity (Wildman–Crippen MR) is 32.5 cm³/mol. The summed E-state index contributed by atoms with van der Waals surface area (Å²) in [4.78, 5) is 3.69. The summed E-state index contributed by atoms with van der Waals surface area (Å²) in [6.07, 6.45) is 0. The van der Waals surface area contributed by atoms with Crippen LogP contribution in [0.2, 0.25) is 5.15 Å². The summed E-state index contributed by atoms with van der Waals surface area (Å²) in [5.41, 5.74) is 5.23. The maximum atomic E-state index is 5.42. The van der Waals surface area contributed by atoms with E-state index in [2.05, 4.69) is 11.1 Å². The van der Waals surface area contributed by atoms with Gasteiger partial charge in [-0.25, -0.2) is 4.98 Å². The largest absolute Gasteiger partial charge is 0.384 e. The van der Waals surface area contributed by atoms with Crippen molar-refractivity contribution in [1.82, 2.24) is 4.98 Å². The Kier molecular flexibility index (Phi) is 1.35. The number of hydrogen-bond acceptors (Lipinski definition) is 2. The third-order valence-electron chi connectivity index (χ3n) is 0.670. The van der Waals surface area contributed by atoms with Crippen molar-refractivity contribution in [2.75, 3.05) is 5.73 Å². The van der Waals surface area contributed by atoms with Gasteiger partial charge in [0.2, 0.25) is 0 Å². The van der Waals surface area contributed by atoms with Gasteiger partial charge in [0.1, 0.15) is 11.0 Å². The number of anilines is 1. The standard InChI is InChI=1S/C5H4ClN2/c6-4-2-1-3-5(7)8-4/h2-3H,(H2,7,8). The zero-order valence-electron chi connectivity index (χ0n) is 4.06. The number of nitrogen functional groups attached to an aromatic ring is 1. The molecule has 8 heavy (non-hydrogen) atoms. The molecule has 0 fully saturated rings. The van der Waals surface area contributed by atoms with E-state index in [1.54, 1.807) is 12.1 Å². The highest BCUT2D eigenvalue weighted by Crippen LogP contribution is 2.03. The summed E-state index contributed by atoms with van der Waals surface area (Å²) < 4.78 is 0. The number of rotatable bonds is 0. The van der Waals surface area contributed by atoms with E-state index in [4.69, 9.17) is 17.3 Å². The Morgan fingerprint density at radius 1 is 1.62 bits per heavy atom. The second-order valence-corrected chi connectivity index (χ2v) is 1.70. The van der Waals surface area contributed by atoms with Gasteiger partial charge in [0.25, 0.3) is 0 Å². The van der Waals surface area contributed by atoms with Crippen LogP contribution in [-0.2, 0) is 0 Å². The number of halogens is 1. The second-order valence-electron chi connectivity index (χ2n) is 1.31. The molecule has 0 bridgehead atoms. The van der Waals surface area contributed by atoms with Gasteiger partial charge in [-0.15, -0.1) is 0 Å². The molecule has 0 spiro atoms. The van der Waals surface area contributed by atoms with E-state index in [1.807, 2.05) is 0 Å². The summed E-state index contributed by atoms with van der Waals surface area (Å²) in [6.45, 7) is 0. The van der Waals surface area contributed by atoms with Crippen LogP contribution >= 0.6 is 11.6 Å². The molecule has 0 aliphatic carbocycles. The number of nitrogens with zero attached hydrogens (tertiary/aromatic N) is 1. The smallest absolute Gasteiger partial charge is 0.132 e. The lowest BCUT2D eigenvalue weighted by Crippen LogP contribution is -1.87. The van der Waals surface area contributed by atoms with Crippen molar-refractivity contribution in [3.8, 4) is 0 Å². The topological polar surface area (TPSA) is 38.9 Å². The minimum atomic E-state index is 0.380. The molecular formula is C5H4ClN2. The van der Waals surface area contributed by atoms with Crippen molar-refractivity contribution in [2.24, 2.45) is 0 Å². The third-order valence-corrected chi connectivity index (χ3v) is 0.863. The van der Waals surface area contributed by atoms with Gasteiger partial charge < -0.3 is 5.73 Å². The Balaban J connectivity index is 3.08. The zero-order valence-corrected chi connectivity index (χ0v) is 4.81. The minimum Gasteiger partial charge on any atom is -0.384 e. The fourth-order valence-corrected chi connectivity index (χ4v) is 0.544. The van der Waals surface area contributed by atoms with Gasteiger partial charge in [-0.3, -0.25) is 0 Å². The van der Waals surface area contributed by atoms with Gasteiger partial charge in [-0.2, -0.15) is 0 Å². The van der Waals surface area contributed by atoms with Crippen LogP contribution in [0.15, 0.2) is 12.1 Å². The molecule has 2 nitrogen and oxygen atoms in total. The predicted octanol–water partition coefficient (Wildman–Crippen LogP) is 1.12. The van der Waals surface area contributed by atoms with Gasteiger partial charge in [0.05, 0.1) is 0 Å². The monoisotopic (exact) mass is 127 g/mol. The molecule has 0 amide bonds. The van der Waals surface area contributed by atoms with E-state index < -0.39 is 0 Å². The number of aromatic nitrogens is 1. The molecule has 2 N–H and O–H groups in total. The SMILES string of the molecule is Nc1c[c]cc(Cl)n1. The molecule has 0 unspecified atom stereocenters. The molecule has 1 heterocycles. The van der Waals surface area contributed by atoms with Crippen LogP contribution in [0, 0.1) is 6.07 Å². The third kappa shape index (κ3) is 1.10. The highest BCUT2D eigenvalue weighted by atomic mass is 35.5. The molecule has 0 aromatic carbocycles. The summed E-state index contributed by atoms with van der Waals surface area (Å²) >= 11 is 5.42. The molecule has 1 rings (SSSR count). The number of hydrogen-bond donors (Lipinski definition) is 1. The van der Waals surface area contributed by atoms with E-state index in [9.17, 15) is 0 Å². The van der Waals surface area contributed by atoms with Crippen molar-refractivity contribution in [1.29, 1.82) is 0 Å². The molecular weight excluding hydrogens is 124 g/mol. The summed E-state index contributed by atoms with van der Waals surface area (Å²) in [7, 11) is 0. The van der Waals surface area contributed by atoms with Gasteiger partial charge >= 0.3 is 0 Å². The molecule has 1 aromatic rings. The van der Waals surface area contributed by atoms with E-state index in [-0.39, 0.29) is 0 Å². The lowest BCUT2D eigenvalue weighted by atomic mass is 10.5. The van der Waals surface area contributed by atoms with Crippen LogP contribution in [0.1, 0.15) is 0 Å². The first-order valence-corrected chi connectivity index (χ1v) is 2.46. The molecule has 1 aromatic heterocycles. The van der Waals surface area contributed by atoms with Gasteiger partial charge in [-0.05, 0) is 18.2 Å². The first kappa shape index (κ1) is 5.38. The molecule has 0 aliphatic heterocycles. The molecule has 0 atom stereocenters. The van der Waals surface area contributed by atoms with Crippen molar-refractivity contribution in [3.05, 3.63) is 23.4 Å². The highest BCUT2D eigenvalue weighted by Gasteiger charge is 1.85. The summed E-state index contributed by atoms with van der Waals surface area (Å²) in [6, 6.07) is 5.82.